The first-order valence-electron chi connectivity index (χ1n) is 6.99. The molecule has 0 spiro atoms. The van der Waals surface area contributed by atoms with Gasteiger partial charge in [-0.15, -0.1) is 11.3 Å². The lowest BCUT2D eigenvalue weighted by Crippen LogP contribution is -2.41. The summed E-state index contributed by atoms with van der Waals surface area (Å²) in [6.45, 7) is 8.08. The van der Waals surface area contributed by atoms with E-state index in [0.717, 1.165) is 37.5 Å². The van der Waals surface area contributed by atoms with Gasteiger partial charge in [0.25, 0.3) is 0 Å². The van der Waals surface area contributed by atoms with Gasteiger partial charge in [-0.25, -0.2) is 0 Å². The molecule has 1 saturated heterocycles. The van der Waals surface area contributed by atoms with Crippen molar-refractivity contribution in [2.75, 3.05) is 26.2 Å². The molecule has 4 nitrogen and oxygen atoms in total. The van der Waals surface area contributed by atoms with Gasteiger partial charge in [0.05, 0.1) is 0 Å². The number of hydrogen-bond acceptors (Lipinski definition) is 4. The normalized spacial score (nSPS) is 21.1. The second kappa shape index (κ2) is 6.50. The van der Waals surface area contributed by atoms with Gasteiger partial charge in [0.15, 0.2) is 0 Å². The topological polar surface area (TPSA) is 49.6 Å². The fraction of sp³-hybridized carbons (Fsp3) is 0.643. The first-order valence-corrected chi connectivity index (χ1v) is 7.87. The standard InChI is InChI=1S/C14H23N3OS/c1-3-16(4-2)11-7-8-17(10-11)14(18)13(15)12-6-5-9-19-12/h5-6,9,11,13H,3-4,7-8,10,15H2,1-2H3. The molecule has 2 heterocycles. The zero-order valence-electron chi connectivity index (χ0n) is 11.7. The van der Waals surface area contributed by atoms with Crippen molar-refractivity contribution in [3.05, 3.63) is 22.4 Å². The van der Waals surface area contributed by atoms with Crippen LogP contribution in [0.2, 0.25) is 0 Å². The Labute approximate surface area is 119 Å². The average molecular weight is 281 g/mol. The summed E-state index contributed by atoms with van der Waals surface area (Å²) in [7, 11) is 0. The molecule has 1 aromatic heterocycles. The maximum absolute atomic E-state index is 12.4. The number of thiophene rings is 1. The molecular formula is C14H23N3OS. The maximum atomic E-state index is 12.4. The predicted molar refractivity (Wildman–Crippen MR) is 79.2 cm³/mol. The van der Waals surface area contributed by atoms with Crippen LogP contribution in [0.5, 0.6) is 0 Å². The van der Waals surface area contributed by atoms with Crippen molar-refractivity contribution < 1.29 is 4.79 Å². The maximum Gasteiger partial charge on any atom is 0.244 e. The van der Waals surface area contributed by atoms with Crippen LogP contribution in [0.25, 0.3) is 0 Å². The van der Waals surface area contributed by atoms with Crippen molar-refractivity contribution in [3.63, 3.8) is 0 Å². The molecule has 2 rings (SSSR count). The van der Waals surface area contributed by atoms with Gasteiger partial charge in [0, 0.05) is 24.0 Å². The summed E-state index contributed by atoms with van der Waals surface area (Å²) >= 11 is 1.55. The molecule has 106 valence electrons. The smallest absolute Gasteiger partial charge is 0.244 e. The van der Waals surface area contributed by atoms with Crippen LogP contribution < -0.4 is 5.73 Å². The van der Waals surface area contributed by atoms with Crippen molar-refractivity contribution in [1.82, 2.24) is 9.80 Å². The lowest BCUT2D eigenvalue weighted by Gasteiger charge is -2.26. The van der Waals surface area contributed by atoms with Gasteiger partial charge in [-0.2, -0.15) is 0 Å². The molecular weight excluding hydrogens is 258 g/mol. The van der Waals surface area contributed by atoms with E-state index in [9.17, 15) is 4.79 Å². The minimum atomic E-state index is -0.490. The Morgan fingerprint density at radius 2 is 2.32 bits per heavy atom. The number of likely N-dealkylation sites (tertiary alicyclic amines) is 1. The second-order valence-electron chi connectivity index (χ2n) is 4.94. The highest BCUT2D eigenvalue weighted by atomic mass is 32.1. The van der Waals surface area contributed by atoms with E-state index < -0.39 is 6.04 Å². The summed E-state index contributed by atoms with van der Waals surface area (Å²) in [6.07, 6.45) is 1.06. The molecule has 1 aliphatic heterocycles. The van der Waals surface area contributed by atoms with Gasteiger partial charge in [-0.3, -0.25) is 9.69 Å². The molecule has 0 radical (unpaired) electrons. The number of nitrogens with zero attached hydrogens (tertiary/aromatic N) is 2. The van der Waals surface area contributed by atoms with Gasteiger partial charge in [-0.05, 0) is 31.0 Å². The molecule has 1 aromatic rings. The van der Waals surface area contributed by atoms with Gasteiger partial charge < -0.3 is 10.6 Å². The SMILES string of the molecule is CCN(CC)C1CCN(C(=O)C(N)c2cccs2)C1. The number of amides is 1. The van der Waals surface area contributed by atoms with Crippen molar-refractivity contribution in [1.29, 1.82) is 0 Å². The summed E-state index contributed by atoms with van der Waals surface area (Å²) in [6, 6.07) is 3.88. The van der Waals surface area contributed by atoms with E-state index in [4.69, 9.17) is 5.73 Å². The number of likely N-dealkylation sites (N-methyl/N-ethyl adjacent to an activating group) is 1. The predicted octanol–water partition coefficient (Wildman–Crippen LogP) is 1.69. The average Bonchev–Trinajstić information content (AvgIpc) is 3.10. The lowest BCUT2D eigenvalue weighted by atomic mass is 10.2. The largest absolute Gasteiger partial charge is 0.339 e. The number of carbonyl (C=O) groups excluding carboxylic acids is 1. The molecule has 0 saturated carbocycles. The summed E-state index contributed by atoms with van der Waals surface area (Å²) in [4.78, 5) is 17.7. The summed E-state index contributed by atoms with van der Waals surface area (Å²) in [5, 5.41) is 1.96. The van der Waals surface area contributed by atoms with E-state index >= 15 is 0 Å². The molecule has 0 aromatic carbocycles. The van der Waals surface area contributed by atoms with E-state index in [2.05, 4.69) is 18.7 Å². The van der Waals surface area contributed by atoms with E-state index in [1.54, 1.807) is 11.3 Å². The van der Waals surface area contributed by atoms with Gasteiger partial charge in [0.1, 0.15) is 6.04 Å². The Hall–Kier alpha value is -0.910. The third-order valence-electron chi connectivity index (χ3n) is 3.92. The van der Waals surface area contributed by atoms with E-state index in [1.165, 1.54) is 0 Å². The number of hydrogen-bond donors (Lipinski definition) is 1. The quantitative estimate of drug-likeness (QED) is 0.893. The Kier molecular flexibility index (Phi) is 4.96. The monoisotopic (exact) mass is 281 g/mol. The van der Waals surface area contributed by atoms with E-state index in [0.29, 0.717) is 6.04 Å². The van der Waals surface area contributed by atoms with Crippen LogP contribution >= 0.6 is 11.3 Å². The van der Waals surface area contributed by atoms with Crippen LogP contribution in [0.15, 0.2) is 17.5 Å². The zero-order valence-corrected chi connectivity index (χ0v) is 12.5. The molecule has 1 aliphatic rings. The lowest BCUT2D eigenvalue weighted by molar-refractivity contribution is -0.131. The number of rotatable bonds is 5. The van der Waals surface area contributed by atoms with Gasteiger partial charge >= 0.3 is 0 Å². The Bertz CT molecular complexity index is 403. The van der Waals surface area contributed by atoms with Crippen LogP contribution in [-0.4, -0.2) is 47.9 Å². The zero-order chi connectivity index (χ0) is 13.8. The minimum Gasteiger partial charge on any atom is -0.339 e. The van der Waals surface area contributed by atoms with E-state index in [1.807, 2.05) is 22.4 Å². The van der Waals surface area contributed by atoms with Crippen LogP contribution in [0.1, 0.15) is 31.2 Å². The summed E-state index contributed by atoms with van der Waals surface area (Å²) in [5.41, 5.74) is 6.05. The summed E-state index contributed by atoms with van der Waals surface area (Å²) < 4.78 is 0. The molecule has 0 bridgehead atoms. The van der Waals surface area contributed by atoms with Crippen molar-refractivity contribution in [3.8, 4) is 0 Å². The Balaban J connectivity index is 1.95. The molecule has 1 amide bonds. The van der Waals surface area contributed by atoms with E-state index in [-0.39, 0.29) is 5.91 Å². The first-order chi connectivity index (χ1) is 9.17. The number of nitrogens with two attached hydrogens (primary N) is 1. The molecule has 19 heavy (non-hydrogen) atoms. The van der Waals surface area contributed by atoms with Gasteiger partial charge in [0.2, 0.25) is 5.91 Å². The highest BCUT2D eigenvalue weighted by Gasteiger charge is 2.32. The van der Waals surface area contributed by atoms with Gasteiger partial charge in [-0.1, -0.05) is 19.9 Å². The highest BCUT2D eigenvalue weighted by Crippen LogP contribution is 2.22. The van der Waals surface area contributed by atoms with Crippen molar-refractivity contribution >= 4 is 17.2 Å². The van der Waals surface area contributed by atoms with Crippen LogP contribution in [-0.2, 0) is 4.79 Å². The van der Waals surface area contributed by atoms with Crippen molar-refractivity contribution in [2.24, 2.45) is 5.73 Å². The molecule has 2 unspecified atom stereocenters. The fourth-order valence-corrected chi connectivity index (χ4v) is 3.49. The molecule has 0 aliphatic carbocycles. The Morgan fingerprint density at radius 3 is 2.89 bits per heavy atom. The second-order valence-corrected chi connectivity index (χ2v) is 5.92. The highest BCUT2D eigenvalue weighted by molar-refractivity contribution is 7.10. The Morgan fingerprint density at radius 1 is 1.58 bits per heavy atom. The fourth-order valence-electron chi connectivity index (χ4n) is 2.77. The minimum absolute atomic E-state index is 0.0668. The third kappa shape index (κ3) is 3.16. The third-order valence-corrected chi connectivity index (χ3v) is 4.87. The first kappa shape index (κ1) is 14.5. The van der Waals surface area contributed by atoms with Crippen molar-refractivity contribution in [2.45, 2.75) is 32.4 Å². The number of carbonyl (C=O) groups is 1. The molecule has 2 atom stereocenters. The van der Waals surface area contributed by atoms with Crippen LogP contribution in [0, 0.1) is 0 Å². The molecule has 1 fully saturated rings. The van der Waals surface area contributed by atoms with Crippen LogP contribution in [0.4, 0.5) is 0 Å². The van der Waals surface area contributed by atoms with Crippen LogP contribution in [0.3, 0.4) is 0 Å². The molecule has 5 heteroatoms. The summed E-state index contributed by atoms with van der Waals surface area (Å²) in [5.74, 6) is 0.0668. The molecule has 2 N–H and O–H groups in total.